The fraction of sp³-hybridized carbons (Fsp3) is 1.00. The molecule has 1 N–H and O–H groups in total. The molecule has 1 unspecified atom stereocenters. The SMILES string of the molecule is CC1CN(S(=O)(=O)CCCCO)CCN1C. The van der Waals surface area contributed by atoms with Crippen molar-refractivity contribution in [2.45, 2.75) is 25.8 Å². The lowest BCUT2D eigenvalue weighted by Crippen LogP contribution is -2.52. The fourth-order valence-electron chi connectivity index (χ4n) is 1.79. The van der Waals surface area contributed by atoms with Crippen molar-refractivity contribution in [3.63, 3.8) is 0 Å². The summed E-state index contributed by atoms with van der Waals surface area (Å²) in [6.45, 7) is 4.06. The third kappa shape index (κ3) is 3.69. The third-order valence-electron chi connectivity index (χ3n) is 3.13. The molecule has 0 aromatic rings. The molecular weight excluding hydrogens is 228 g/mol. The van der Waals surface area contributed by atoms with Crippen molar-refractivity contribution in [3.8, 4) is 0 Å². The molecule has 6 heteroatoms. The molecule has 1 aliphatic rings. The van der Waals surface area contributed by atoms with Gasteiger partial charge in [0.25, 0.3) is 0 Å². The van der Waals surface area contributed by atoms with E-state index in [9.17, 15) is 8.42 Å². The van der Waals surface area contributed by atoms with Gasteiger partial charge in [-0.3, -0.25) is 0 Å². The quantitative estimate of drug-likeness (QED) is 0.682. The van der Waals surface area contributed by atoms with Crippen LogP contribution in [0.25, 0.3) is 0 Å². The molecule has 0 aromatic carbocycles. The molecule has 1 atom stereocenters. The molecule has 0 amide bonds. The number of likely N-dealkylation sites (N-methyl/N-ethyl adjacent to an activating group) is 1. The van der Waals surface area contributed by atoms with Crippen molar-refractivity contribution in [2.24, 2.45) is 0 Å². The molecule has 1 heterocycles. The molecule has 5 nitrogen and oxygen atoms in total. The van der Waals surface area contributed by atoms with Crippen LogP contribution < -0.4 is 0 Å². The van der Waals surface area contributed by atoms with Gasteiger partial charge in [0.1, 0.15) is 0 Å². The summed E-state index contributed by atoms with van der Waals surface area (Å²) >= 11 is 0. The highest BCUT2D eigenvalue weighted by Crippen LogP contribution is 2.12. The number of hydrogen-bond donors (Lipinski definition) is 1. The van der Waals surface area contributed by atoms with E-state index >= 15 is 0 Å². The highest BCUT2D eigenvalue weighted by Gasteiger charge is 2.28. The van der Waals surface area contributed by atoms with E-state index < -0.39 is 10.0 Å². The Morgan fingerprint density at radius 3 is 2.56 bits per heavy atom. The lowest BCUT2D eigenvalue weighted by Gasteiger charge is -2.36. The van der Waals surface area contributed by atoms with E-state index in [4.69, 9.17) is 5.11 Å². The Balaban J connectivity index is 2.49. The minimum Gasteiger partial charge on any atom is -0.396 e. The van der Waals surface area contributed by atoms with Gasteiger partial charge in [0.15, 0.2) is 0 Å². The highest BCUT2D eigenvalue weighted by molar-refractivity contribution is 7.89. The number of unbranched alkanes of at least 4 members (excludes halogenated alkanes) is 1. The summed E-state index contributed by atoms with van der Waals surface area (Å²) in [6.07, 6.45) is 1.10. The molecule has 1 saturated heterocycles. The van der Waals surface area contributed by atoms with Gasteiger partial charge < -0.3 is 10.0 Å². The van der Waals surface area contributed by atoms with Crippen molar-refractivity contribution in [1.82, 2.24) is 9.21 Å². The zero-order valence-electron chi connectivity index (χ0n) is 10.1. The van der Waals surface area contributed by atoms with E-state index in [1.165, 1.54) is 0 Å². The molecule has 0 spiro atoms. The van der Waals surface area contributed by atoms with Crippen molar-refractivity contribution < 1.29 is 13.5 Å². The van der Waals surface area contributed by atoms with Gasteiger partial charge in [-0.25, -0.2) is 8.42 Å². The Hall–Kier alpha value is -0.170. The van der Waals surface area contributed by atoms with Gasteiger partial charge in [-0.1, -0.05) is 0 Å². The summed E-state index contributed by atoms with van der Waals surface area (Å²) in [5, 5.41) is 8.64. The minimum atomic E-state index is -3.12. The third-order valence-corrected chi connectivity index (χ3v) is 5.05. The summed E-state index contributed by atoms with van der Waals surface area (Å²) in [6, 6.07) is 0.279. The highest BCUT2D eigenvalue weighted by atomic mass is 32.2. The van der Waals surface area contributed by atoms with Crippen LogP contribution in [-0.4, -0.2) is 67.8 Å². The molecule has 0 saturated carbocycles. The molecule has 1 aliphatic heterocycles. The smallest absolute Gasteiger partial charge is 0.214 e. The molecule has 16 heavy (non-hydrogen) atoms. The van der Waals surface area contributed by atoms with Gasteiger partial charge >= 0.3 is 0 Å². The van der Waals surface area contributed by atoms with Crippen molar-refractivity contribution in [1.29, 1.82) is 0 Å². The molecule has 0 aliphatic carbocycles. The van der Waals surface area contributed by atoms with Crippen LogP contribution in [0.3, 0.4) is 0 Å². The summed E-state index contributed by atoms with van der Waals surface area (Å²) in [5.74, 6) is 0.157. The topological polar surface area (TPSA) is 60.9 Å². The molecule has 96 valence electrons. The number of piperazine rings is 1. The standard InChI is InChI=1S/C10H22N2O3S/c1-10-9-12(6-5-11(10)2)16(14,15)8-4-3-7-13/h10,13H,3-9H2,1-2H3. The van der Waals surface area contributed by atoms with E-state index in [0.29, 0.717) is 25.9 Å². The first-order valence-corrected chi connectivity index (χ1v) is 7.37. The first kappa shape index (κ1) is 13.9. The van der Waals surface area contributed by atoms with E-state index in [2.05, 4.69) is 4.90 Å². The first-order chi connectivity index (χ1) is 7.47. The second-order valence-corrected chi connectivity index (χ2v) is 6.52. The Bertz CT molecular complexity index is 305. The van der Waals surface area contributed by atoms with Crippen LogP contribution in [-0.2, 0) is 10.0 Å². The Labute approximate surface area is 98.1 Å². The Morgan fingerprint density at radius 2 is 2.00 bits per heavy atom. The van der Waals surface area contributed by atoms with E-state index in [1.54, 1.807) is 4.31 Å². The monoisotopic (exact) mass is 250 g/mol. The van der Waals surface area contributed by atoms with Gasteiger partial charge in [0.05, 0.1) is 5.75 Å². The van der Waals surface area contributed by atoms with Crippen LogP contribution >= 0.6 is 0 Å². The van der Waals surface area contributed by atoms with E-state index in [0.717, 1.165) is 6.54 Å². The van der Waals surface area contributed by atoms with Crippen molar-refractivity contribution in [2.75, 3.05) is 39.0 Å². The molecular formula is C10H22N2O3S. The number of hydrogen-bond acceptors (Lipinski definition) is 4. The average molecular weight is 250 g/mol. The molecule has 0 bridgehead atoms. The van der Waals surface area contributed by atoms with Crippen LogP contribution in [0.2, 0.25) is 0 Å². The molecule has 0 aromatic heterocycles. The van der Waals surface area contributed by atoms with Crippen LogP contribution in [0.5, 0.6) is 0 Å². The second-order valence-electron chi connectivity index (χ2n) is 4.43. The second kappa shape index (κ2) is 5.95. The fourth-order valence-corrected chi connectivity index (χ4v) is 3.42. The van der Waals surface area contributed by atoms with Gasteiger partial charge in [0.2, 0.25) is 10.0 Å². The lowest BCUT2D eigenvalue weighted by molar-refractivity contribution is 0.159. The minimum absolute atomic E-state index is 0.0641. The first-order valence-electron chi connectivity index (χ1n) is 5.76. The average Bonchev–Trinajstić information content (AvgIpc) is 2.22. The summed E-state index contributed by atoms with van der Waals surface area (Å²) in [5.41, 5.74) is 0. The van der Waals surface area contributed by atoms with Gasteiger partial charge in [-0.05, 0) is 26.8 Å². The molecule has 0 radical (unpaired) electrons. The van der Waals surface area contributed by atoms with Crippen molar-refractivity contribution >= 4 is 10.0 Å². The zero-order chi connectivity index (χ0) is 12.2. The van der Waals surface area contributed by atoms with Gasteiger partial charge in [-0.15, -0.1) is 0 Å². The number of nitrogens with zero attached hydrogens (tertiary/aromatic N) is 2. The predicted molar refractivity (Wildman–Crippen MR) is 63.8 cm³/mol. The van der Waals surface area contributed by atoms with E-state index in [-0.39, 0.29) is 18.4 Å². The maximum absolute atomic E-state index is 11.9. The molecule has 1 rings (SSSR count). The van der Waals surface area contributed by atoms with Crippen LogP contribution in [0, 0.1) is 0 Å². The number of sulfonamides is 1. The van der Waals surface area contributed by atoms with Crippen molar-refractivity contribution in [3.05, 3.63) is 0 Å². The summed E-state index contributed by atoms with van der Waals surface area (Å²) in [4.78, 5) is 2.17. The number of aliphatic hydroxyl groups excluding tert-OH is 1. The summed E-state index contributed by atoms with van der Waals surface area (Å²) in [7, 11) is -1.10. The number of aliphatic hydroxyl groups is 1. The largest absolute Gasteiger partial charge is 0.396 e. The Morgan fingerprint density at radius 1 is 1.31 bits per heavy atom. The van der Waals surface area contributed by atoms with Gasteiger partial charge in [0, 0.05) is 32.3 Å². The Kier molecular flexibility index (Phi) is 5.17. The van der Waals surface area contributed by atoms with Crippen LogP contribution in [0.15, 0.2) is 0 Å². The predicted octanol–water partition coefficient (Wildman–Crippen LogP) is -0.275. The van der Waals surface area contributed by atoms with Crippen LogP contribution in [0.1, 0.15) is 19.8 Å². The number of rotatable bonds is 5. The van der Waals surface area contributed by atoms with E-state index in [1.807, 2.05) is 14.0 Å². The normalized spacial score (nSPS) is 24.8. The van der Waals surface area contributed by atoms with Gasteiger partial charge in [-0.2, -0.15) is 4.31 Å². The maximum Gasteiger partial charge on any atom is 0.214 e. The maximum atomic E-state index is 11.9. The molecule has 1 fully saturated rings. The zero-order valence-corrected chi connectivity index (χ0v) is 10.9. The lowest BCUT2D eigenvalue weighted by atomic mass is 10.2. The van der Waals surface area contributed by atoms with Crippen LogP contribution in [0.4, 0.5) is 0 Å². The summed E-state index contributed by atoms with van der Waals surface area (Å²) < 4.78 is 25.5.